The van der Waals surface area contributed by atoms with E-state index in [0.717, 1.165) is 36.7 Å². The van der Waals surface area contributed by atoms with Crippen LogP contribution in [0.25, 0.3) is 0 Å². The third-order valence-electron chi connectivity index (χ3n) is 2.26. The van der Waals surface area contributed by atoms with Gasteiger partial charge in [-0.15, -0.1) is 0 Å². The average Bonchev–Trinajstić information content (AvgIpc) is 2.28. The fourth-order valence-electron chi connectivity index (χ4n) is 0.783. The molecular weight excluding hydrogens is 553 g/mol. The Bertz CT molecular complexity index is 224. The van der Waals surface area contributed by atoms with Crippen LogP contribution in [0.15, 0.2) is 0 Å². The molecule has 0 aromatic carbocycles. The van der Waals surface area contributed by atoms with Crippen molar-refractivity contribution in [1.82, 2.24) is 0 Å². The van der Waals surface area contributed by atoms with Crippen molar-refractivity contribution in [3.8, 4) is 0 Å². The van der Waals surface area contributed by atoms with Crippen molar-refractivity contribution >= 4 is 75.3 Å². The van der Waals surface area contributed by atoms with Gasteiger partial charge in [0, 0.05) is 0 Å². The van der Waals surface area contributed by atoms with Crippen molar-refractivity contribution in [3.05, 3.63) is 0 Å². The molecule has 0 aliphatic carbocycles. The van der Waals surface area contributed by atoms with Gasteiger partial charge in [0.25, 0.3) is 0 Å². The maximum absolute atomic E-state index is 3.58. The first-order valence-corrected chi connectivity index (χ1v) is 27.0. The molecule has 0 fully saturated rings. The number of hydrogen-bond acceptors (Lipinski definition) is 0. The average molecular weight is 573 g/mol. The minimum absolute atomic E-state index is 0.553. The molecule has 0 aliphatic rings. The van der Waals surface area contributed by atoms with Crippen LogP contribution in [0, 0.1) is 0 Å². The van der Waals surface area contributed by atoms with Gasteiger partial charge in [0.05, 0.1) is 0 Å². The van der Waals surface area contributed by atoms with E-state index in [1.165, 1.54) is 24.6 Å². The predicted octanol–water partition coefficient (Wildman–Crippen LogP) is 2.04. The van der Waals surface area contributed by atoms with Crippen LogP contribution in [0.4, 0.5) is 0 Å². The van der Waals surface area contributed by atoms with E-state index in [1.807, 2.05) is 0 Å². The fraction of sp³-hybridized carbons (Fsp3) is 1.00. The quantitative estimate of drug-likeness (QED) is 0.309. The summed E-state index contributed by atoms with van der Waals surface area (Å²) < 4.78 is -1.11. The molecule has 0 heterocycles. The normalized spacial score (nSPS) is 13.1. The van der Waals surface area contributed by atoms with Crippen molar-refractivity contribution < 1.29 is 0 Å². The molecule has 0 amide bonds. The van der Waals surface area contributed by atoms with Gasteiger partial charge in [-0.2, -0.15) is 0 Å². The van der Waals surface area contributed by atoms with Crippen molar-refractivity contribution in [2.45, 2.75) is 27.7 Å². The van der Waals surface area contributed by atoms with Gasteiger partial charge < -0.3 is 0 Å². The van der Waals surface area contributed by atoms with E-state index in [0.29, 0.717) is 0 Å². The summed E-state index contributed by atoms with van der Waals surface area (Å²) in [6.45, 7) is 9.55. The molecule has 0 N–H and O–H groups in total. The van der Waals surface area contributed by atoms with Crippen molar-refractivity contribution in [2.24, 2.45) is 0 Å². The number of hydrogen-bond donors (Lipinski definition) is 0. The number of rotatable bonds is 8. The Morgan fingerprint density at radius 2 is 1.00 bits per heavy atom. The fourth-order valence-corrected chi connectivity index (χ4v) is 126. The third kappa shape index (κ3) is 7.58. The summed E-state index contributed by atoms with van der Waals surface area (Å²) in [5.74, 6) is 0. The maximum atomic E-state index is 3.58. The third-order valence-corrected chi connectivity index (χ3v) is 87.1. The first-order valence-electron chi connectivity index (χ1n) is 5.16. The van der Waals surface area contributed by atoms with Crippen LogP contribution in [0.3, 0.4) is 0 Å². The zero-order valence-electron chi connectivity index (χ0n) is 9.76. The van der Waals surface area contributed by atoms with Crippen molar-refractivity contribution in [2.75, 3.05) is 24.6 Å². The predicted molar refractivity (Wildman–Crippen MR) is 84.8 cm³/mol. The second-order valence-electron chi connectivity index (χ2n) is 3.11. The molecule has 0 aromatic heterocycles. The van der Waals surface area contributed by atoms with Gasteiger partial charge in [-0.1, -0.05) is 0 Å². The van der Waals surface area contributed by atoms with Gasteiger partial charge in [-0.05, 0) is 0 Å². The molecule has 0 saturated heterocycles. The van der Waals surface area contributed by atoms with E-state index >= 15 is 0 Å². The van der Waals surface area contributed by atoms with Crippen LogP contribution >= 0.6 is 8.40 Å². The first kappa shape index (κ1) is 18.5. The first-order chi connectivity index (χ1) is 6.95. The van der Waals surface area contributed by atoms with Gasteiger partial charge in [-0.25, -0.2) is 0 Å². The van der Waals surface area contributed by atoms with Crippen LogP contribution in [-0.2, 0) is 0 Å². The summed E-state index contributed by atoms with van der Waals surface area (Å²) >= 11 is 10.1. The van der Waals surface area contributed by atoms with Crippen molar-refractivity contribution in [3.63, 3.8) is 0 Å². The van der Waals surface area contributed by atoms with Gasteiger partial charge in [0.2, 0.25) is 0 Å². The van der Waals surface area contributed by atoms with Crippen LogP contribution in [-0.4, -0.2) is 91.5 Å². The van der Waals surface area contributed by atoms with Gasteiger partial charge >= 0.3 is 128 Å². The topological polar surface area (TPSA) is 0 Å². The van der Waals surface area contributed by atoms with Gasteiger partial charge in [0.15, 0.2) is 0 Å². The van der Waals surface area contributed by atoms with E-state index in [1.54, 1.807) is 0 Å². The van der Waals surface area contributed by atoms with E-state index in [2.05, 4.69) is 57.9 Å². The molecule has 0 spiro atoms. The molecule has 15 heavy (non-hydrogen) atoms. The molecule has 0 rings (SSSR count). The zero-order valence-corrected chi connectivity index (χ0v) is 20.1. The Morgan fingerprint density at radius 1 is 0.733 bits per heavy atom. The molecule has 0 aliphatic heterocycles. The van der Waals surface area contributed by atoms with Crippen LogP contribution in [0.2, 0.25) is 0 Å². The second kappa shape index (κ2) is 9.38. The second-order valence-corrected chi connectivity index (χ2v) is 54.9. The van der Waals surface area contributed by atoms with E-state index in [4.69, 9.17) is 0 Å². The van der Waals surface area contributed by atoms with Crippen molar-refractivity contribution in [1.29, 1.82) is 0 Å². The van der Waals surface area contributed by atoms with Gasteiger partial charge in [0.1, 0.15) is 0 Å². The molecular formula is C8H20P2Se5. The molecule has 0 bridgehead atoms. The summed E-state index contributed by atoms with van der Waals surface area (Å²) in [5.41, 5.74) is 0. The molecule has 92 valence electrons. The molecule has 0 radical (unpaired) electrons. The van der Waals surface area contributed by atoms with E-state index in [-0.39, 0.29) is 0 Å². The summed E-state index contributed by atoms with van der Waals surface area (Å²) in [6, 6.07) is 0. The van der Waals surface area contributed by atoms with Crippen LogP contribution in [0.1, 0.15) is 27.7 Å². The molecule has 0 saturated carbocycles. The molecule has 0 atom stereocenters. The molecule has 7 heteroatoms. The molecule has 0 aromatic rings. The summed E-state index contributed by atoms with van der Waals surface area (Å²) in [5, 5.41) is 0. The minimum atomic E-state index is -0.553. The monoisotopic (exact) mass is 578 g/mol. The Labute approximate surface area is 126 Å². The van der Waals surface area contributed by atoms with E-state index in [9.17, 15) is 0 Å². The Kier molecular flexibility index (Phi) is 11.5. The Balaban J connectivity index is 4.08. The molecule has 0 unspecified atom stereocenters. The summed E-state index contributed by atoms with van der Waals surface area (Å²) in [4.78, 5) is 0. The molecule has 0 nitrogen and oxygen atoms in total. The Morgan fingerprint density at radius 3 is 1.20 bits per heavy atom. The summed E-state index contributed by atoms with van der Waals surface area (Å²) in [7, 11) is 0. The van der Waals surface area contributed by atoms with Crippen LogP contribution in [0.5, 0.6) is 0 Å². The van der Waals surface area contributed by atoms with Crippen LogP contribution < -0.4 is 0 Å². The Hall–Kier alpha value is 3.46. The van der Waals surface area contributed by atoms with E-state index < -0.39 is 8.40 Å². The summed E-state index contributed by atoms with van der Waals surface area (Å²) in [6.07, 6.45) is 5.77. The zero-order chi connectivity index (χ0) is 11.9. The van der Waals surface area contributed by atoms with Gasteiger partial charge in [-0.3, -0.25) is 0 Å². The standard InChI is InChI=1S/C8H20P2Se5/c1-5-9(11,6-2)13-15-14-10(12,7-3)8-4/h5-8H2,1-4H3. The SMILES string of the molecule is CCP(=[Se])(CC)[Se][Se][Se]P(=[Se])(CC)CC.